The summed E-state index contributed by atoms with van der Waals surface area (Å²) in [5, 5.41) is 0. The van der Waals surface area contributed by atoms with Gasteiger partial charge in [0.25, 0.3) is 10.0 Å². The second-order valence-corrected chi connectivity index (χ2v) is 8.81. The molecule has 2 aromatic carbocycles. The van der Waals surface area contributed by atoms with E-state index >= 15 is 0 Å². The number of para-hydroxylation sites is 1. The highest BCUT2D eigenvalue weighted by Gasteiger charge is 2.27. The van der Waals surface area contributed by atoms with Gasteiger partial charge in [-0.15, -0.1) is 0 Å². The van der Waals surface area contributed by atoms with Crippen molar-refractivity contribution < 1.29 is 8.42 Å². The van der Waals surface area contributed by atoms with Gasteiger partial charge in [-0.3, -0.25) is 4.72 Å². The van der Waals surface area contributed by atoms with E-state index in [9.17, 15) is 8.42 Å². The van der Waals surface area contributed by atoms with Crippen LogP contribution in [0.5, 0.6) is 0 Å². The highest BCUT2D eigenvalue weighted by Crippen LogP contribution is 2.36. The number of sulfonamides is 1. The number of hydrogen-bond acceptors (Lipinski definition) is 2. The molecule has 0 bridgehead atoms. The van der Waals surface area contributed by atoms with Gasteiger partial charge in [0.15, 0.2) is 0 Å². The summed E-state index contributed by atoms with van der Waals surface area (Å²) in [7, 11) is -3.62. The van der Waals surface area contributed by atoms with Gasteiger partial charge in [0, 0.05) is 5.56 Å². The summed E-state index contributed by atoms with van der Waals surface area (Å²) in [4.78, 5) is 0.370. The Bertz CT molecular complexity index is 939. The van der Waals surface area contributed by atoms with Crippen LogP contribution in [0.15, 0.2) is 77.2 Å². The van der Waals surface area contributed by atoms with E-state index in [4.69, 9.17) is 0 Å². The molecule has 1 aliphatic carbocycles. The summed E-state index contributed by atoms with van der Waals surface area (Å²) in [5.41, 5.74) is 3.31. The van der Waals surface area contributed by atoms with Crippen molar-refractivity contribution in [2.45, 2.75) is 27.2 Å². The summed E-state index contributed by atoms with van der Waals surface area (Å²) in [6.07, 6.45) is 4.43. The van der Waals surface area contributed by atoms with E-state index < -0.39 is 10.0 Å². The smallest absolute Gasteiger partial charge is 0.261 e. The van der Waals surface area contributed by atoms with Crippen LogP contribution in [-0.4, -0.2) is 8.42 Å². The fourth-order valence-corrected chi connectivity index (χ4v) is 4.59. The van der Waals surface area contributed by atoms with Crippen molar-refractivity contribution >= 4 is 15.7 Å². The zero-order valence-electron chi connectivity index (χ0n) is 14.8. The lowest BCUT2D eigenvalue weighted by Crippen LogP contribution is -2.20. The molecular weight excluding hydrogens is 330 g/mol. The fraction of sp³-hybridized carbons (Fsp3) is 0.238. The zero-order valence-corrected chi connectivity index (χ0v) is 15.6. The highest BCUT2D eigenvalue weighted by atomic mass is 32.2. The minimum Gasteiger partial charge on any atom is -0.279 e. The van der Waals surface area contributed by atoms with Gasteiger partial charge >= 0.3 is 0 Å². The van der Waals surface area contributed by atoms with Crippen LogP contribution in [0.2, 0.25) is 0 Å². The molecule has 130 valence electrons. The Kier molecular flexibility index (Phi) is 4.56. The van der Waals surface area contributed by atoms with E-state index in [0.717, 1.165) is 23.1 Å². The van der Waals surface area contributed by atoms with E-state index in [1.54, 1.807) is 12.1 Å². The standard InChI is InChI=1S/C21H23NO2S/c1-16-15-21(2,3)14-13-20(16)25(23,24)22-19-12-8-7-11-18(19)17-9-5-4-6-10-17/h4-14,22H,15H2,1-3H3. The normalized spacial score (nSPS) is 16.8. The summed E-state index contributed by atoms with van der Waals surface area (Å²) in [6, 6.07) is 17.2. The second-order valence-electron chi connectivity index (χ2n) is 7.16. The lowest BCUT2D eigenvalue weighted by Gasteiger charge is -2.26. The third kappa shape index (κ3) is 3.85. The molecule has 0 aromatic heterocycles. The van der Waals surface area contributed by atoms with Crippen LogP contribution in [0, 0.1) is 5.41 Å². The summed E-state index contributed by atoms with van der Waals surface area (Å²) >= 11 is 0. The van der Waals surface area contributed by atoms with Gasteiger partial charge < -0.3 is 0 Å². The molecule has 0 spiro atoms. The predicted octanol–water partition coefficient (Wildman–Crippen LogP) is 5.36. The van der Waals surface area contributed by atoms with E-state index in [-0.39, 0.29) is 5.41 Å². The molecule has 0 saturated heterocycles. The molecule has 0 fully saturated rings. The predicted molar refractivity (Wildman–Crippen MR) is 105 cm³/mol. The van der Waals surface area contributed by atoms with E-state index in [2.05, 4.69) is 18.6 Å². The summed E-state index contributed by atoms with van der Waals surface area (Å²) in [5.74, 6) is 0. The number of rotatable bonds is 4. The molecular formula is C21H23NO2S. The van der Waals surface area contributed by atoms with Crippen LogP contribution in [-0.2, 0) is 10.0 Å². The molecule has 3 rings (SSSR count). The fourth-order valence-electron chi connectivity index (χ4n) is 3.23. The van der Waals surface area contributed by atoms with Crippen molar-refractivity contribution in [2.75, 3.05) is 4.72 Å². The van der Waals surface area contributed by atoms with Gasteiger partial charge in [-0.05, 0) is 36.5 Å². The number of benzene rings is 2. The molecule has 3 nitrogen and oxygen atoms in total. The number of hydrogen-bond donors (Lipinski definition) is 1. The Labute approximate surface area is 150 Å². The van der Waals surface area contributed by atoms with Gasteiger partial charge in [0.05, 0.1) is 10.6 Å². The average molecular weight is 353 g/mol. The molecule has 0 saturated carbocycles. The van der Waals surface area contributed by atoms with Gasteiger partial charge in [0.1, 0.15) is 0 Å². The van der Waals surface area contributed by atoms with Gasteiger partial charge in [-0.1, -0.05) is 74.0 Å². The minimum atomic E-state index is -3.62. The molecule has 0 aliphatic heterocycles. The van der Waals surface area contributed by atoms with Crippen LogP contribution in [0.3, 0.4) is 0 Å². The molecule has 0 heterocycles. The Hall–Kier alpha value is -2.33. The molecule has 0 unspecified atom stereocenters. The maximum atomic E-state index is 12.9. The lowest BCUT2D eigenvalue weighted by molar-refractivity contribution is 0.468. The van der Waals surface area contributed by atoms with E-state index in [0.29, 0.717) is 10.6 Å². The maximum Gasteiger partial charge on any atom is 0.261 e. The molecule has 0 atom stereocenters. The van der Waals surface area contributed by atoms with E-state index in [1.807, 2.05) is 61.5 Å². The molecule has 2 aromatic rings. The van der Waals surface area contributed by atoms with Crippen LogP contribution < -0.4 is 4.72 Å². The van der Waals surface area contributed by atoms with Crippen molar-refractivity contribution in [2.24, 2.45) is 5.41 Å². The monoisotopic (exact) mass is 353 g/mol. The Morgan fingerprint density at radius 2 is 1.60 bits per heavy atom. The number of anilines is 1. The first-order valence-corrected chi connectivity index (χ1v) is 9.83. The maximum absolute atomic E-state index is 12.9. The highest BCUT2D eigenvalue weighted by molar-refractivity contribution is 7.96. The Morgan fingerprint density at radius 3 is 2.28 bits per heavy atom. The van der Waals surface area contributed by atoms with Crippen LogP contribution in [0.25, 0.3) is 11.1 Å². The van der Waals surface area contributed by atoms with Crippen molar-refractivity contribution in [1.29, 1.82) is 0 Å². The molecule has 0 radical (unpaired) electrons. The van der Waals surface area contributed by atoms with Gasteiger partial charge in [-0.2, -0.15) is 0 Å². The van der Waals surface area contributed by atoms with Gasteiger partial charge in [-0.25, -0.2) is 8.42 Å². The third-order valence-electron chi connectivity index (χ3n) is 4.37. The van der Waals surface area contributed by atoms with Crippen LogP contribution in [0.4, 0.5) is 5.69 Å². The third-order valence-corrected chi connectivity index (χ3v) is 5.93. The molecule has 4 heteroatoms. The van der Waals surface area contributed by atoms with Crippen LogP contribution >= 0.6 is 0 Å². The lowest BCUT2D eigenvalue weighted by atomic mass is 9.82. The van der Waals surface area contributed by atoms with Crippen molar-refractivity contribution in [3.05, 3.63) is 77.2 Å². The first kappa shape index (κ1) is 17.5. The zero-order chi connectivity index (χ0) is 18.1. The second kappa shape index (κ2) is 6.52. The SMILES string of the molecule is CC1=C(S(=O)(=O)Nc2ccccc2-c2ccccc2)C=CC(C)(C)C1. The first-order valence-electron chi connectivity index (χ1n) is 8.35. The molecule has 25 heavy (non-hydrogen) atoms. The van der Waals surface area contributed by atoms with Crippen molar-refractivity contribution in [3.63, 3.8) is 0 Å². The summed E-state index contributed by atoms with van der Waals surface area (Å²) < 4.78 is 28.7. The Morgan fingerprint density at radius 1 is 0.960 bits per heavy atom. The van der Waals surface area contributed by atoms with Crippen molar-refractivity contribution in [3.8, 4) is 11.1 Å². The summed E-state index contributed by atoms with van der Waals surface area (Å²) in [6.45, 7) is 6.10. The van der Waals surface area contributed by atoms with Gasteiger partial charge in [0.2, 0.25) is 0 Å². The minimum absolute atomic E-state index is 0.00888. The van der Waals surface area contributed by atoms with Crippen LogP contribution in [0.1, 0.15) is 27.2 Å². The number of nitrogens with one attached hydrogen (secondary N) is 1. The quantitative estimate of drug-likeness (QED) is 0.805. The van der Waals surface area contributed by atoms with E-state index in [1.165, 1.54) is 0 Å². The Balaban J connectivity index is 1.97. The molecule has 0 amide bonds. The average Bonchev–Trinajstić information content (AvgIpc) is 2.54. The first-order chi connectivity index (χ1) is 11.8. The molecule has 1 N–H and O–H groups in total. The largest absolute Gasteiger partial charge is 0.279 e. The van der Waals surface area contributed by atoms with Crippen molar-refractivity contribution in [1.82, 2.24) is 0 Å². The molecule has 1 aliphatic rings. The topological polar surface area (TPSA) is 46.2 Å². The number of allylic oxidation sites excluding steroid dienone is 3.